The molecule has 0 spiro atoms. The van der Waals surface area contributed by atoms with Gasteiger partial charge in [0.25, 0.3) is 0 Å². The highest BCUT2D eigenvalue weighted by molar-refractivity contribution is 6.47. The lowest BCUT2D eigenvalue weighted by Gasteiger charge is -2.64. The van der Waals surface area contributed by atoms with Crippen LogP contribution in [0.2, 0.25) is 0 Å². The summed E-state index contributed by atoms with van der Waals surface area (Å²) in [6.45, 7) is 12.9. The first-order valence-corrected chi connectivity index (χ1v) is 17.2. The number of benzene rings is 3. The van der Waals surface area contributed by atoms with Gasteiger partial charge in [-0.15, -0.1) is 0 Å². The zero-order chi connectivity index (χ0) is 31.2. The quantitative estimate of drug-likeness (QED) is 0.206. The van der Waals surface area contributed by atoms with E-state index in [2.05, 4.69) is 125 Å². The van der Waals surface area contributed by atoms with Crippen LogP contribution in [-0.2, 0) is 31.9 Å². The van der Waals surface area contributed by atoms with E-state index < -0.39 is 0 Å². The molecule has 8 rings (SSSR count). The van der Waals surface area contributed by atoms with Crippen molar-refractivity contribution in [1.29, 1.82) is 0 Å². The number of rotatable bonds is 11. The Bertz CT molecular complexity index is 1430. The Balaban J connectivity index is 1.09. The average Bonchev–Trinajstić information content (AvgIpc) is 3.60. The van der Waals surface area contributed by atoms with Crippen LogP contribution in [0.15, 0.2) is 84.9 Å². The van der Waals surface area contributed by atoms with Crippen molar-refractivity contribution in [3.63, 3.8) is 0 Å². The minimum absolute atomic E-state index is 0.00326. The molecule has 3 aliphatic carbocycles. The second kappa shape index (κ2) is 12.6. The van der Waals surface area contributed by atoms with Crippen LogP contribution >= 0.6 is 0 Å². The van der Waals surface area contributed by atoms with Gasteiger partial charge in [-0.3, -0.25) is 4.84 Å². The molecule has 0 N–H and O–H groups in total. The van der Waals surface area contributed by atoms with E-state index in [9.17, 15) is 0 Å². The van der Waals surface area contributed by atoms with E-state index in [0.717, 1.165) is 31.6 Å². The summed E-state index contributed by atoms with van der Waals surface area (Å²) < 4.78 is 20.4. The summed E-state index contributed by atoms with van der Waals surface area (Å²) in [6, 6.07) is 30.1. The van der Waals surface area contributed by atoms with Gasteiger partial charge in [-0.2, -0.15) is 5.06 Å². The molecule has 238 valence electrons. The van der Waals surface area contributed by atoms with Crippen LogP contribution in [0.25, 0.3) is 11.1 Å². The van der Waals surface area contributed by atoms with E-state index in [-0.39, 0.29) is 36.9 Å². The molecule has 3 aromatic rings. The maximum absolute atomic E-state index is 7.06. The first kappa shape index (κ1) is 31.1. The minimum atomic E-state index is -0.307. The van der Waals surface area contributed by atoms with E-state index >= 15 is 0 Å². The van der Waals surface area contributed by atoms with Gasteiger partial charge in [-0.05, 0) is 84.1 Å². The Hall–Kier alpha value is -2.48. The molecule has 2 saturated heterocycles. The van der Waals surface area contributed by atoms with Gasteiger partial charge in [-0.1, -0.05) is 107 Å². The van der Waals surface area contributed by atoms with Gasteiger partial charge in [0, 0.05) is 6.42 Å². The molecule has 5 fully saturated rings. The van der Waals surface area contributed by atoms with Crippen LogP contribution in [0.5, 0.6) is 0 Å². The molecule has 2 heterocycles. The molecule has 5 nitrogen and oxygen atoms in total. The summed E-state index contributed by atoms with van der Waals surface area (Å²) in [4.78, 5) is 6.89. The number of hydroxylamine groups is 2. The van der Waals surface area contributed by atoms with Crippen molar-refractivity contribution in [3.8, 4) is 11.1 Å². The van der Waals surface area contributed by atoms with Crippen LogP contribution in [-0.4, -0.2) is 48.6 Å². The van der Waals surface area contributed by atoms with Crippen molar-refractivity contribution < 1.29 is 18.9 Å². The fourth-order valence-corrected chi connectivity index (χ4v) is 8.86. The molecule has 2 bridgehead atoms. The highest BCUT2D eigenvalue weighted by Crippen LogP contribution is 2.66. The summed E-state index contributed by atoms with van der Waals surface area (Å²) >= 11 is 0. The zero-order valence-electron chi connectivity index (χ0n) is 27.7. The molecular formula is C39H50BNO4. The molecule has 6 heteroatoms. The third-order valence-electron chi connectivity index (χ3n) is 11.4. The molecule has 45 heavy (non-hydrogen) atoms. The molecule has 0 radical (unpaired) electrons. The Morgan fingerprint density at radius 2 is 1.58 bits per heavy atom. The molecule has 2 aliphatic heterocycles. The van der Waals surface area contributed by atoms with Crippen molar-refractivity contribution in [2.24, 2.45) is 23.2 Å². The van der Waals surface area contributed by atoms with Crippen molar-refractivity contribution in [2.45, 2.75) is 103 Å². The Morgan fingerprint density at radius 1 is 0.867 bits per heavy atom. The summed E-state index contributed by atoms with van der Waals surface area (Å²) in [5, 5.41) is 2.24. The summed E-state index contributed by atoms with van der Waals surface area (Å²) in [7, 11) is -0.307. The molecule has 5 aliphatic rings. The maximum Gasteiger partial charge on any atom is 0.478 e. The van der Waals surface area contributed by atoms with E-state index in [1.54, 1.807) is 0 Å². The van der Waals surface area contributed by atoms with Gasteiger partial charge in [0.2, 0.25) is 0 Å². The van der Waals surface area contributed by atoms with Crippen molar-refractivity contribution in [1.82, 2.24) is 5.06 Å². The van der Waals surface area contributed by atoms with Crippen LogP contribution in [0.3, 0.4) is 0 Å². The standard InChI is InChI=1S/C39H50BNO4/c1-27(2)19-37(40-43-36-23-32-22-35(38(32,3)4)39(36,5)45-40)41-33(24-34(44-41)21-28-13-8-6-9-14-28)26-42-25-29-15-12-18-31(20-29)30-16-10-7-11-17-30/h6-18,20,27,32-37H,19,21-26H2,1-5H3/t32-,33?,34?,35-,36+,37-,39-/m0/s1. The topological polar surface area (TPSA) is 40.2 Å². The number of hydrogen-bond acceptors (Lipinski definition) is 5. The third-order valence-corrected chi connectivity index (χ3v) is 11.4. The molecule has 0 aromatic heterocycles. The van der Waals surface area contributed by atoms with E-state index in [4.69, 9.17) is 18.9 Å². The summed E-state index contributed by atoms with van der Waals surface area (Å²) in [5.74, 6) is 1.74. The fourth-order valence-electron chi connectivity index (χ4n) is 8.86. The number of ether oxygens (including phenoxy) is 1. The molecule has 3 aromatic carbocycles. The second-order valence-electron chi connectivity index (χ2n) is 15.3. The van der Waals surface area contributed by atoms with E-state index in [0.29, 0.717) is 30.5 Å². The molecule has 7 atom stereocenters. The van der Waals surface area contributed by atoms with Crippen molar-refractivity contribution >= 4 is 7.12 Å². The summed E-state index contributed by atoms with van der Waals surface area (Å²) in [5.41, 5.74) is 5.00. The predicted octanol–water partition coefficient (Wildman–Crippen LogP) is 8.17. The predicted molar refractivity (Wildman–Crippen MR) is 180 cm³/mol. The first-order valence-electron chi connectivity index (χ1n) is 17.2. The van der Waals surface area contributed by atoms with Gasteiger partial charge >= 0.3 is 7.12 Å². The van der Waals surface area contributed by atoms with E-state index in [1.165, 1.54) is 28.7 Å². The SMILES string of the molecule is CC(C)C[C@@H](B1O[C@@H]2C[C@@H]3C[C@@H](C3(C)C)[C@]2(C)O1)N1OC(Cc2ccccc2)CC1COCc1cccc(-c2ccccc2)c1. The van der Waals surface area contributed by atoms with E-state index in [1.807, 2.05) is 0 Å². The normalized spacial score (nSPS) is 31.2. The minimum Gasteiger partial charge on any atom is -0.404 e. The van der Waals surface area contributed by atoms with Crippen molar-refractivity contribution in [2.75, 3.05) is 6.61 Å². The Morgan fingerprint density at radius 3 is 2.31 bits per heavy atom. The van der Waals surface area contributed by atoms with Crippen LogP contribution < -0.4 is 0 Å². The lowest BCUT2D eigenvalue weighted by molar-refractivity contribution is -0.201. The summed E-state index contributed by atoms with van der Waals surface area (Å²) in [6.07, 6.45) is 5.33. The van der Waals surface area contributed by atoms with Crippen LogP contribution in [0, 0.1) is 23.2 Å². The lowest BCUT2D eigenvalue weighted by Crippen LogP contribution is -2.65. The average molecular weight is 608 g/mol. The van der Waals surface area contributed by atoms with Gasteiger partial charge in [0.05, 0.1) is 43.0 Å². The Labute approximate surface area is 270 Å². The van der Waals surface area contributed by atoms with Gasteiger partial charge in [-0.25, -0.2) is 0 Å². The Kier molecular flexibility index (Phi) is 8.73. The molecule has 3 saturated carbocycles. The lowest BCUT2D eigenvalue weighted by atomic mass is 9.43. The van der Waals surface area contributed by atoms with Crippen LogP contribution in [0.4, 0.5) is 0 Å². The maximum atomic E-state index is 7.06. The molecule has 2 unspecified atom stereocenters. The van der Waals surface area contributed by atoms with Gasteiger partial charge < -0.3 is 14.0 Å². The smallest absolute Gasteiger partial charge is 0.404 e. The van der Waals surface area contributed by atoms with Crippen LogP contribution in [0.1, 0.15) is 71.4 Å². The zero-order valence-corrected chi connectivity index (χ0v) is 27.7. The number of nitrogens with zero attached hydrogens (tertiary/aromatic N) is 1. The second-order valence-corrected chi connectivity index (χ2v) is 15.3. The number of hydrogen-bond donors (Lipinski definition) is 0. The largest absolute Gasteiger partial charge is 0.478 e. The van der Waals surface area contributed by atoms with Gasteiger partial charge in [0.1, 0.15) is 0 Å². The molecular weight excluding hydrogens is 557 g/mol. The third kappa shape index (κ3) is 6.17. The molecule has 0 amide bonds. The van der Waals surface area contributed by atoms with Crippen molar-refractivity contribution in [3.05, 3.63) is 96.1 Å². The highest BCUT2D eigenvalue weighted by Gasteiger charge is 2.69. The fraction of sp³-hybridized carbons (Fsp3) is 0.538. The first-order chi connectivity index (χ1) is 21.7. The highest BCUT2D eigenvalue weighted by atomic mass is 16.7. The van der Waals surface area contributed by atoms with Gasteiger partial charge in [0.15, 0.2) is 0 Å². The monoisotopic (exact) mass is 607 g/mol.